The average Bonchev–Trinajstić information content (AvgIpc) is 3.36. The van der Waals surface area contributed by atoms with Crippen LogP contribution >= 0.6 is 0 Å². The molecule has 2 atom stereocenters. The molecule has 4 aromatic rings. The van der Waals surface area contributed by atoms with E-state index in [1.54, 1.807) is 30.3 Å². The Labute approximate surface area is 206 Å². The number of hydroxylamine groups is 1. The molecule has 2 unspecified atom stereocenters. The molecule has 2 heterocycles. The lowest BCUT2D eigenvalue weighted by molar-refractivity contribution is -0.851. The summed E-state index contributed by atoms with van der Waals surface area (Å²) in [5.41, 5.74) is 6.01. The van der Waals surface area contributed by atoms with E-state index in [4.69, 9.17) is 4.74 Å². The standard InChI is InChI=1S/C25H25N7O4/c33-24(18-9-6-10-19-22(18)29-23(28-19)17-7-2-1-3-8-17)26-13-15-36-16-14-27-25-30-32(35)21-12-5-4-11-20(21)31(25)34/h1-12,31-32H,13-16H2,(H,26,33)(H,27,30)(H,28,29). The number of carbonyl (C=O) groups excluding carboxylic acids is 1. The Morgan fingerprint density at radius 1 is 0.972 bits per heavy atom. The summed E-state index contributed by atoms with van der Waals surface area (Å²) in [6.45, 7) is 1.00. The summed E-state index contributed by atoms with van der Waals surface area (Å²) in [5.74, 6) is 0.467. The van der Waals surface area contributed by atoms with Gasteiger partial charge in [-0.3, -0.25) is 9.86 Å². The van der Waals surface area contributed by atoms with Crippen LogP contribution in [0.1, 0.15) is 10.4 Å². The quantitative estimate of drug-likeness (QED) is 0.182. The minimum Gasteiger partial charge on any atom is -0.621 e. The van der Waals surface area contributed by atoms with E-state index in [0.29, 0.717) is 34.8 Å². The van der Waals surface area contributed by atoms with Gasteiger partial charge in [0.15, 0.2) is 0 Å². The minimum atomic E-state index is -0.351. The number of benzene rings is 3. The van der Waals surface area contributed by atoms with Gasteiger partial charge in [-0.15, -0.1) is 0 Å². The van der Waals surface area contributed by atoms with Gasteiger partial charge in [-0.25, -0.2) is 15.1 Å². The van der Waals surface area contributed by atoms with E-state index >= 15 is 0 Å². The van der Waals surface area contributed by atoms with Gasteiger partial charge in [0.25, 0.3) is 5.91 Å². The number of nitrogens with zero attached hydrogens (tertiary/aromatic N) is 2. The third-order valence-electron chi connectivity index (χ3n) is 5.71. The topological polar surface area (TPSA) is 146 Å². The average molecular weight is 488 g/mol. The Hall–Kier alpha value is -4.13. The van der Waals surface area contributed by atoms with Crippen LogP contribution in [0.5, 0.6) is 0 Å². The molecular weight excluding hydrogens is 462 g/mol. The first-order valence-electron chi connectivity index (χ1n) is 11.5. The summed E-state index contributed by atoms with van der Waals surface area (Å²) in [6.07, 6.45) is 0. The Morgan fingerprint density at radius 3 is 2.58 bits per heavy atom. The number of hydrogen-bond acceptors (Lipinski definition) is 6. The number of imidazole rings is 1. The largest absolute Gasteiger partial charge is 0.621 e. The third-order valence-corrected chi connectivity index (χ3v) is 5.71. The number of carbonyl (C=O) groups is 1. The van der Waals surface area contributed by atoms with E-state index in [0.717, 1.165) is 11.1 Å². The number of aromatic amines is 1. The maximum atomic E-state index is 12.7. The first-order chi connectivity index (χ1) is 17.6. The lowest BCUT2D eigenvalue weighted by atomic mass is 10.1. The number of H-pyrrole nitrogens is 1. The summed E-state index contributed by atoms with van der Waals surface area (Å²) in [7, 11) is 0. The normalized spacial score (nSPS) is 18.1. The van der Waals surface area contributed by atoms with Crippen LogP contribution in [0.3, 0.4) is 0 Å². The zero-order valence-corrected chi connectivity index (χ0v) is 19.3. The van der Waals surface area contributed by atoms with Gasteiger partial charge in [-0.1, -0.05) is 48.5 Å². The third kappa shape index (κ3) is 4.96. The predicted molar refractivity (Wildman–Crippen MR) is 135 cm³/mol. The molecule has 5 rings (SSSR count). The molecule has 36 heavy (non-hydrogen) atoms. The summed E-state index contributed by atoms with van der Waals surface area (Å²) >= 11 is 0. The second-order valence-electron chi connectivity index (χ2n) is 8.08. The van der Waals surface area contributed by atoms with Crippen LogP contribution < -0.4 is 21.0 Å². The number of aromatic nitrogens is 2. The van der Waals surface area contributed by atoms with Crippen molar-refractivity contribution in [2.24, 2.45) is 4.99 Å². The zero-order valence-electron chi connectivity index (χ0n) is 19.3. The number of quaternary nitrogens is 2. The highest BCUT2D eigenvalue weighted by Crippen LogP contribution is 2.22. The number of amides is 1. The molecule has 1 aliphatic heterocycles. The fourth-order valence-corrected chi connectivity index (χ4v) is 3.95. The Kier molecular flexibility index (Phi) is 6.98. The second kappa shape index (κ2) is 10.6. The van der Waals surface area contributed by atoms with Crippen LogP contribution in [-0.2, 0) is 4.74 Å². The number of fused-ring (bicyclic) bond motifs is 2. The number of ether oxygens (including phenoxy) is 1. The molecule has 0 radical (unpaired) electrons. The number of para-hydroxylation sites is 3. The van der Waals surface area contributed by atoms with E-state index in [2.05, 4.69) is 25.7 Å². The molecule has 1 amide bonds. The van der Waals surface area contributed by atoms with Crippen molar-refractivity contribution >= 4 is 34.3 Å². The van der Waals surface area contributed by atoms with Gasteiger partial charge in [-0.2, -0.15) is 5.43 Å². The number of rotatable bonds is 8. The smallest absolute Gasteiger partial charge is 0.347 e. The van der Waals surface area contributed by atoms with Crippen LogP contribution in [0.2, 0.25) is 0 Å². The van der Waals surface area contributed by atoms with Crippen LogP contribution in [0.15, 0.2) is 77.8 Å². The molecular formula is C25H25N7O4. The molecule has 1 aromatic heterocycles. The van der Waals surface area contributed by atoms with E-state index in [1.165, 1.54) is 0 Å². The van der Waals surface area contributed by atoms with Crippen molar-refractivity contribution in [3.8, 4) is 11.4 Å². The van der Waals surface area contributed by atoms with E-state index < -0.39 is 0 Å². The molecule has 11 nitrogen and oxygen atoms in total. The fourth-order valence-electron chi connectivity index (χ4n) is 3.95. The molecule has 0 bridgehead atoms. The van der Waals surface area contributed by atoms with Gasteiger partial charge in [-0.05, 0) is 12.1 Å². The van der Waals surface area contributed by atoms with Crippen LogP contribution in [0.4, 0.5) is 11.4 Å². The highest BCUT2D eigenvalue weighted by molar-refractivity contribution is 6.05. The maximum Gasteiger partial charge on any atom is 0.347 e. The van der Waals surface area contributed by atoms with Crippen molar-refractivity contribution in [2.75, 3.05) is 26.3 Å². The summed E-state index contributed by atoms with van der Waals surface area (Å²) in [5, 5.41) is 26.8. The van der Waals surface area contributed by atoms with Gasteiger partial charge in [0.1, 0.15) is 11.3 Å². The lowest BCUT2D eigenvalue weighted by Crippen LogP contribution is -3.23. The first-order valence-corrected chi connectivity index (χ1v) is 11.5. The molecule has 0 saturated heterocycles. The monoisotopic (exact) mass is 487 g/mol. The van der Waals surface area contributed by atoms with Crippen molar-refractivity contribution in [2.45, 2.75) is 0 Å². The summed E-state index contributed by atoms with van der Waals surface area (Å²) in [6, 6.07) is 21.8. The van der Waals surface area contributed by atoms with Gasteiger partial charge in [0.05, 0.1) is 30.8 Å². The van der Waals surface area contributed by atoms with Gasteiger partial charge in [0, 0.05) is 24.2 Å². The lowest BCUT2D eigenvalue weighted by Gasteiger charge is -2.34. The first kappa shape index (κ1) is 23.6. The molecule has 0 spiro atoms. The highest BCUT2D eigenvalue weighted by atomic mass is 16.6. The SMILES string of the molecule is O=C(NCCOCCN=C1N[NH+]([O-])c2ccccc2[NH+]1[O-])c1cccc2[nH]c(-c3ccccc3)nc12. The minimum absolute atomic E-state index is 0.0116. The summed E-state index contributed by atoms with van der Waals surface area (Å²) < 4.78 is 5.52. The van der Waals surface area contributed by atoms with Crippen molar-refractivity contribution in [1.29, 1.82) is 0 Å². The molecule has 5 N–H and O–H groups in total. The Morgan fingerprint density at radius 2 is 1.75 bits per heavy atom. The Balaban J connectivity index is 1.11. The van der Waals surface area contributed by atoms with Gasteiger partial charge in [0.2, 0.25) is 11.4 Å². The molecule has 11 heteroatoms. The van der Waals surface area contributed by atoms with Gasteiger partial charge < -0.3 is 25.5 Å². The van der Waals surface area contributed by atoms with E-state index in [1.807, 2.05) is 42.5 Å². The second-order valence-corrected chi connectivity index (χ2v) is 8.08. The Bertz CT molecular complexity index is 1390. The highest BCUT2D eigenvalue weighted by Gasteiger charge is 2.28. The maximum absolute atomic E-state index is 12.7. The number of nitrogens with one attached hydrogen (secondary N) is 5. The van der Waals surface area contributed by atoms with Gasteiger partial charge >= 0.3 is 5.96 Å². The van der Waals surface area contributed by atoms with E-state index in [9.17, 15) is 15.2 Å². The summed E-state index contributed by atoms with van der Waals surface area (Å²) in [4.78, 5) is 24.8. The molecule has 0 fully saturated rings. The van der Waals surface area contributed by atoms with Crippen LogP contribution in [-0.4, -0.2) is 48.1 Å². The van der Waals surface area contributed by atoms with Crippen molar-refractivity contribution < 1.29 is 19.8 Å². The number of guanidine groups is 1. The number of hydrogen-bond donors (Lipinski definition) is 5. The fraction of sp³-hybridized carbons (Fsp3) is 0.160. The van der Waals surface area contributed by atoms with Crippen LogP contribution in [0.25, 0.3) is 22.4 Å². The zero-order chi connectivity index (χ0) is 24.9. The van der Waals surface area contributed by atoms with Crippen LogP contribution in [0, 0.1) is 10.4 Å². The molecule has 184 valence electrons. The van der Waals surface area contributed by atoms with Crippen molar-refractivity contribution in [3.05, 3.63) is 88.8 Å². The van der Waals surface area contributed by atoms with Crippen molar-refractivity contribution in [1.82, 2.24) is 20.7 Å². The van der Waals surface area contributed by atoms with E-state index in [-0.39, 0.29) is 41.9 Å². The van der Waals surface area contributed by atoms with Crippen molar-refractivity contribution in [3.63, 3.8) is 0 Å². The predicted octanol–water partition coefficient (Wildman–Crippen LogP) is 0.579. The molecule has 3 aromatic carbocycles. The molecule has 1 aliphatic rings. The molecule has 0 saturated carbocycles. The molecule has 0 aliphatic carbocycles. The number of aliphatic imine (C=N–C) groups is 1.